The van der Waals surface area contributed by atoms with E-state index in [1.807, 2.05) is 29.4 Å². The normalized spacial score (nSPS) is 16.1. The standard InChI is InChI=1S/C16H18BrN7/c1-11-19-12(2)23(21-11)7-15-8-24(22-20-15)16(9-18-10-16)13-3-5-14(17)6-4-13/h3-6,8,18H,7,9-10H2,1-2H3. The molecule has 1 aliphatic rings. The fraction of sp³-hybridized carbons (Fsp3) is 0.375. The number of halogens is 1. The van der Waals surface area contributed by atoms with Crippen molar-refractivity contribution in [2.75, 3.05) is 13.1 Å². The maximum Gasteiger partial charge on any atom is 0.147 e. The van der Waals surface area contributed by atoms with Crippen LogP contribution in [0.5, 0.6) is 0 Å². The molecule has 1 aliphatic heterocycles. The largest absolute Gasteiger partial charge is 0.311 e. The van der Waals surface area contributed by atoms with E-state index in [-0.39, 0.29) is 5.54 Å². The number of benzene rings is 1. The van der Waals surface area contributed by atoms with Crippen molar-refractivity contribution >= 4 is 15.9 Å². The Bertz CT molecular complexity index is 861. The third kappa shape index (κ3) is 2.55. The van der Waals surface area contributed by atoms with Crippen LogP contribution >= 0.6 is 15.9 Å². The molecule has 1 N–H and O–H groups in total. The Morgan fingerprint density at radius 3 is 2.54 bits per heavy atom. The van der Waals surface area contributed by atoms with Crippen LogP contribution in [0.1, 0.15) is 22.9 Å². The molecule has 124 valence electrons. The molecule has 0 unspecified atom stereocenters. The first-order valence-electron chi connectivity index (χ1n) is 7.83. The van der Waals surface area contributed by atoms with Gasteiger partial charge in [-0.3, -0.25) is 0 Å². The first kappa shape index (κ1) is 15.5. The minimum absolute atomic E-state index is 0.167. The van der Waals surface area contributed by atoms with Gasteiger partial charge in [-0.2, -0.15) is 5.10 Å². The van der Waals surface area contributed by atoms with Gasteiger partial charge in [0.1, 0.15) is 22.9 Å². The maximum absolute atomic E-state index is 4.40. The highest BCUT2D eigenvalue weighted by Crippen LogP contribution is 2.30. The zero-order chi connectivity index (χ0) is 16.7. The zero-order valence-corrected chi connectivity index (χ0v) is 15.2. The molecule has 2 aromatic heterocycles. The van der Waals surface area contributed by atoms with E-state index in [4.69, 9.17) is 0 Å². The van der Waals surface area contributed by atoms with Crippen LogP contribution in [0.15, 0.2) is 34.9 Å². The number of hydrogen-bond acceptors (Lipinski definition) is 5. The van der Waals surface area contributed by atoms with Gasteiger partial charge in [0.15, 0.2) is 0 Å². The van der Waals surface area contributed by atoms with E-state index in [0.29, 0.717) is 6.54 Å². The van der Waals surface area contributed by atoms with Crippen LogP contribution in [0.4, 0.5) is 0 Å². The second-order valence-corrected chi connectivity index (χ2v) is 7.08. The van der Waals surface area contributed by atoms with Crippen molar-refractivity contribution < 1.29 is 0 Å². The summed E-state index contributed by atoms with van der Waals surface area (Å²) in [5, 5.41) is 16.5. The summed E-state index contributed by atoms with van der Waals surface area (Å²) >= 11 is 3.49. The highest BCUT2D eigenvalue weighted by molar-refractivity contribution is 9.10. The van der Waals surface area contributed by atoms with Crippen LogP contribution in [0.2, 0.25) is 0 Å². The molecular weight excluding hydrogens is 370 g/mol. The minimum atomic E-state index is -0.167. The van der Waals surface area contributed by atoms with Crippen LogP contribution in [-0.2, 0) is 12.1 Å². The molecule has 0 amide bonds. The summed E-state index contributed by atoms with van der Waals surface area (Å²) < 4.78 is 4.90. The average molecular weight is 388 g/mol. The SMILES string of the molecule is Cc1nc(C)n(Cc2cn(C3(c4ccc(Br)cc4)CNC3)nn2)n1. The first-order chi connectivity index (χ1) is 11.6. The van der Waals surface area contributed by atoms with Crippen molar-refractivity contribution in [3.63, 3.8) is 0 Å². The van der Waals surface area contributed by atoms with Crippen molar-refractivity contribution in [1.29, 1.82) is 0 Å². The Morgan fingerprint density at radius 1 is 1.21 bits per heavy atom. The minimum Gasteiger partial charge on any atom is -0.311 e. The van der Waals surface area contributed by atoms with E-state index in [1.165, 1.54) is 5.56 Å². The molecule has 3 aromatic rings. The first-order valence-corrected chi connectivity index (χ1v) is 8.63. The molecule has 0 spiro atoms. The molecule has 8 heteroatoms. The molecule has 4 rings (SSSR count). The molecule has 3 heterocycles. The molecule has 1 saturated heterocycles. The highest BCUT2D eigenvalue weighted by Gasteiger charge is 2.41. The summed E-state index contributed by atoms with van der Waals surface area (Å²) in [6, 6.07) is 8.40. The number of aryl methyl sites for hydroxylation is 2. The lowest BCUT2D eigenvalue weighted by molar-refractivity contribution is 0.203. The van der Waals surface area contributed by atoms with Gasteiger partial charge in [-0.25, -0.2) is 14.3 Å². The van der Waals surface area contributed by atoms with Gasteiger partial charge in [-0.05, 0) is 31.5 Å². The van der Waals surface area contributed by atoms with E-state index in [2.05, 4.69) is 65.9 Å². The van der Waals surface area contributed by atoms with E-state index < -0.39 is 0 Å². The summed E-state index contributed by atoms with van der Waals surface area (Å²) in [5.41, 5.74) is 1.94. The summed E-state index contributed by atoms with van der Waals surface area (Å²) in [4.78, 5) is 4.33. The fourth-order valence-electron chi connectivity index (χ4n) is 3.06. The number of nitrogens with zero attached hydrogens (tertiary/aromatic N) is 6. The van der Waals surface area contributed by atoms with E-state index in [0.717, 1.165) is 34.9 Å². The predicted octanol–water partition coefficient (Wildman–Crippen LogP) is 1.64. The van der Waals surface area contributed by atoms with Crippen molar-refractivity contribution in [3.8, 4) is 0 Å². The molecule has 0 aliphatic carbocycles. The van der Waals surface area contributed by atoms with E-state index >= 15 is 0 Å². The topological polar surface area (TPSA) is 73.5 Å². The molecule has 0 saturated carbocycles. The third-order valence-electron chi connectivity index (χ3n) is 4.47. The number of rotatable bonds is 4. The van der Waals surface area contributed by atoms with Crippen molar-refractivity contribution in [1.82, 2.24) is 35.1 Å². The zero-order valence-electron chi connectivity index (χ0n) is 13.6. The second kappa shape index (κ2) is 5.78. The number of nitrogens with one attached hydrogen (secondary N) is 1. The maximum atomic E-state index is 4.40. The Kier molecular flexibility index (Phi) is 3.73. The lowest BCUT2D eigenvalue weighted by Gasteiger charge is -2.42. The van der Waals surface area contributed by atoms with Crippen molar-refractivity contribution in [2.24, 2.45) is 0 Å². The van der Waals surface area contributed by atoms with Crippen LogP contribution in [0.25, 0.3) is 0 Å². The number of hydrogen-bond donors (Lipinski definition) is 1. The van der Waals surface area contributed by atoms with E-state index in [9.17, 15) is 0 Å². The molecule has 7 nitrogen and oxygen atoms in total. The summed E-state index contributed by atoms with van der Waals surface area (Å²) in [7, 11) is 0. The molecule has 0 radical (unpaired) electrons. The monoisotopic (exact) mass is 387 g/mol. The van der Waals surface area contributed by atoms with Gasteiger partial charge in [0, 0.05) is 17.6 Å². The van der Waals surface area contributed by atoms with Crippen LogP contribution in [0.3, 0.4) is 0 Å². The van der Waals surface area contributed by atoms with Gasteiger partial charge >= 0.3 is 0 Å². The van der Waals surface area contributed by atoms with Gasteiger partial charge in [0.05, 0.1) is 12.7 Å². The Balaban J connectivity index is 1.63. The van der Waals surface area contributed by atoms with Gasteiger partial charge in [-0.1, -0.05) is 33.3 Å². The average Bonchev–Trinajstić information content (AvgIpc) is 3.08. The smallest absolute Gasteiger partial charge is 0.147 e. The summed E-state index contributed by atoms with van der Waals surface area (Å²) in [6.45, 7) is 6.11. The van der Waals surface area contributed by atoms with Gasteiger partial charge < -0.3 is 5.32 Å². The van der Waals surface area contributed by atoms with Gasteiger partial charge in [0.2, 0.25) is 0 Å². The van der Waals surface area contributed by atoms with Gasteiger partial charge in [0.25, 0.3) is 0 Å². The Hall–Kier alpha value is -2.06. The third-order valence-corrected chi connectivity index (χ3v) is 5.00. The Labute approximate surface area is 148 Å². The molecule has 0 bridgehead atoms. The fourth-order valence-corrected chi connectivity index (χ4v) is 3.33. The molecule has 24 heavy (non-hydrogen) atoms. The van der Waals surface area contributed by atoms with E-state index in [1.54, 1.807) is 0 Å². The van der Waals surface area contributed by atoms with Gasteiger partial charge in [-0.15, -0.1) is 5.10 Å². The van der Waals surface area contributed by atoms with Crippen molar-refractivity contribution in [2.45, 2.75) is 25.9 Å². The molecular formula is C16H18BrN7. The number of aromatic nitrogens is 6. The molecule has 0 atom stereocenters. The van der Waals surface area contributed by atoms with Crippen LogP contribution in [0, 0.1) is 13.8 Å². The lowest BCUT2D eigenvalue weighted by atomic mass is 9.84. The summed E-state index contributed by atoms with van der Waals surface area (Å²) in [6.07, 6.45) is 2.01. The quantitative estimate of drug-likeness (QED) is 0.736. The molecule has 1 fully saturated rings. The Morgan fingerprint density at radius 2 is 1.96 bits per heavy atom. The summed E-state index contributed by atoms with van der Waals surface area (Å²) in [5.74, 6) is 1.66. The van der Waals surface area contributed by atoms with Crippen molar-refractivity contribution in [3.05, 3.63) is 57.8 Å². The highest BCUT2D eigenvalue weighted by atomic mass is 79.9. The van der Waals surface area contributed by atoms with Crippen LogP contribution in [-0.4, -0.2) is 42.8 Å². The predicted molar refractivity (Wildman–Crippen MR) is 92.7 cm³/mol. The molecule has 1 aromatic carbocycles. The lowest BCUT2D eigenvalue weighted by Crippen LogP contribution is -2.61. The van der Waals surface area contributed by atoms with Crippen LogP contribution < -0.4 is 5.32 Å². The second-order valence-electron chi connectivity index (χ2n) is 6.16.